The Hall–Kier alpha value is -1.29. The molecule has 1 aromatic heterocycles. The minimum atomic E-state index is 0.317. The normalized spacial score (nSPS) is 10.3. The summed E-state index contributed by atoms with van der Waals surface area (Å²) in [5.74, 6) is 1.22. The Morgan fingerprint density at radius 3 is 2.71 bits per heavy atom. The first-order valence-corrected chi connectivity index (χ1v) is 5.73. The Kier molecular flexibility index (Phi) is 3.84. The highest BCUT2D eigenvalue weighted by Crippen LogP contribution is 2.30. The predicted octanol–water partition coefficient (Wildman–Crippen LogP) is 3.64. The number of halogens is 2. The number of pyridine rings is 1. The molecule has 1 aromatic carbocycles. The second kappa shape index (κ2) is 5.36. The molecular weight excluding hydrogens is 259 g/mol. The summed E-state index contributed by atoms with van der Waals surface area (Å²) in [5.41, 5.74) is 6.26. The lowest BCUT2D eigenvalue weighted by Gasteiger charge is -2.09. The highest BCUT2D eigenvalue weighted by molar-refractivity contribution is 6.42. The molecule has 0 saturated carbocycles. The van der Waals surface area contributed by atoms with Crippen LogP contribution in [0.4, 0.5) is 0 Å². The first-order chi connectivity index (χ1) is 8.20. The fraction of sp³-hybridized carbons (Fsp3) is 0.0833. The fourth-order valence-electron chi connectivity index (χ4n) is 1.34. The first kappa shape index (κ1) is 12.2. The Balaban J connectivity index is 2.28. The van der Waals surface area contributed by atoms with E-state index >= 15 is 0 Å². The van der Waals surface area contributed by atoms with Crippen LogP contribution in [0, 0.1) is 0 Å². The molecular formula is C12H10Cl2N2O. The van der Waals surface area contributed by atoms with Crippen LogP contribution in [0.5, 0.6) is 11.5 Å². The molecule has 1 heterocycles. The van der Waals surface area contributed by atoms with Gasteiger partial charge in [0.1, 0.15) is 11.5 Å². The first-order valence-electron chi connectivity index (χ1n) is 4.97. The van der Waals surface area contributed by atoms with Crippen molar-refractivity contribution in [1.29, 1.82) is 0 Å². The van der Waals surface area contributed by atoms with Gasteiger partial charge in [0.25, 0.3) is 0 Å². The lowest BCUT2D eigenvalue weighted by atomic mass is 10.3. The monoisotopic (exact) mass is 268 g/mol. The van der Waals surface area contributed by atoms with Crippen molar-refractivity contribution >= 4 is 23.2 Å². The molecule has 2 N–H and O–H groups in total. The molecule has 17 heavy (non-hydrogen) atoms. The summed E-state index contributed by atoms with van der Waals surface area (Å²) >= 11 is 11.7. The number of aromatic nitrogens is 1. The summed E-state index contributed by atoms with van der Waals surface area (Å²) < 4.78 is 5.65. The van der Waals surface area contributed by atoms with Gasteiger partial charge in [0.2, 0.25) is 0 Å². The lowest BCUT2D eigenvalue weighted by Crippen LogP contribution is -2.01. The van der Waals surface area contributed by atoms with E-state index in [-0.39, 0.29) is 0 Å². The Morgan fingerprint density at radius 2 is 2.00 bits per heavy atom. The van der Waals surface area contributed by atoms with Crippen LogP contribution in [0.15, 0.2) is 36.5 Å². The zero-order valence-corrected chi connectivity index (χ0v) is 10.4. The van der Waals surface area contributed by atoms with Gasteiger partial charge in [0, 0.05) is 18.8 Å². The molecule has 0 radical (unpaired) electrons. The molecule has 2 rings (SSSR count). The third-order valence-electron chi connectivity index (χ3n) is 2.16. The molecule has 0 aliphatic carbocycles. The van der Waals surface area contributed by atoms with Crippen LogP contribution in [0.3, 0.4) is 0 Å². The van der Waals surface area contributed by atoms with E-state index < -0.39 is 0 Å². The molecule has 0 fully saturated rings. The van der Waals surface area contributed by atoms with Gasteiger partial charge >= 0.3 is 0 Å². The summed E-state index contributed by atoms with van der Waals surface area (Å²) in [6, 6.07) is 8.65. The number of hydrogen-bond acceptors (Lipinski definition) is 3. The van der Waals surface area contributed by atoms with Crippen molar-refractivity contribution < 1.29 is 4.74 Å². The molecule has 0 spiro atoms. The van der Waals surface area contributed by atoms with Gasteiger partial charge in [-0.15, -0.1) is 0 Å². The molecule has 0 atom stereocenters. The van der Waals surface area contributed by atoms with E-state index in [1.807, 2.05) is 0 Å². The van der Waals surface area contributed by atoms with Gasteiger partial charge in [0.05, 0.1) is 15.7 Å². The number of nitrogens with two attached hydrogens (primary N) is 1. The third-order valence-corrected chi connectivity index (χ3v) is 2.90. The highest BCUT2D eigenvalue weighted by atomic mass is 35.5. The lowest BCUT2D eigenvalue weighted by molar-refractivity contribution is 0.473. The summed E-state index contributed by atoms with van der Waals surface area (Å²) in [4.78, 5) is 4.12. The minimum Gasteiger partial charge on any atom is -0.455 e. The minimum absolute atomic E-state index is 0.317. The van der Waals surface area contributed by atoms with Gasteiger partial charge in [-0.05, 0) is 24.3 Å². The van der Waals surface area contributed by atoms with Crippen molar-refractivity contribution in [3.8, 4) is 11.5 Å². The molecule has 0 saturated heterocycles. The molecule has 0 aliphatic heterocycles. The van der Waals surface area contributed by atoms with Gasteiger partial charge in [-0.3, -0.25) is 4.98 Å². The maximum absolute atomic E-state index is 5.90. The molecule has 0 unspecified atom stereocenters. The van der Waals surface area contributed by atoms with Crippen LogP contribution in [-0.2, 0) is 6.54 Å². The molecule has 0 bridgehead atoms. The number of hydrogen-bond donors (Lipinski definition) is 1. The smallest absolute Gasteiger partial charge is 0.150 e. The molecule has 88 valence electrons. The molecule has 3 nitrogen and oxygen atoms in total. The molecule has 0 amide bonds. The zero-order valence-electron chi connectivity index (χ0n) is 8.86. The van der Waals surface area contributed by atoms with Crippen LogP contribution in [-0.4, -0.2) is 4.98 Å². The number of ether oxygens (including phenoxy) is 1. The van der Waals surface area contributed by atoms with Crippen molar-refractivity contribution in [2.45, 2.75) is 6.54 Å². The van der Waals surface area contributed by atoms with Crippen molar-refractivity contribution in [1.82, 2.24) is 4.98 Å². The molecule has 2 aromatic rings. The SMILES string of the molecule is NCc1ncccc1Oc1ccc(Cl)c(Cl)c1. The van der Waals surface area contributed by atoms with E-state index in [1.165, 1.54) is 0 Å². The van der Waals surface area contributed by atoms with Crippen molar-refractivity contribution in [3.05, 3.63) is 52.3 Å². The fourth-order valence-corrected chi connectivity index (χ4v) is 1.62. The molecule has 0 aliphatic rings. The third kappa shape index (κ3) is 2.88. The van der Waals surface area contributed by atoms with E-state index in [4.69, 9.17) is 33.7 Å². The second-order valence-corrected chi connectivity index (χ2v) is 4.14. The topological polar surface area (TPSA) is 48.1 Å². The summed E-state index contributed by atoms with van der Waals surface area (Å²) in [5, 5.41) is 0.937. The van der Waals surface area contributed by atoms with Crippen LogP contribution in [0.25, 0.3) is 0 Å². The number of benzene rings is 1. The number of nitrogens with zero attached hydrogens (tertiary/aromatic N) is 1. The Morgan fingerprint density at radius 1 is 1.18 bits per heavy atom. The Labute approximate surface area is 109 Å². The number of rotatable bonds is 3. The summed E-state index contributed by atoms with van der Waals surface area (Å²) in [6.07, 6.45) is 1.67. The van der Waals surface area contributed by atoms with E-state index in [1.54, 1.807) is 36.5 Å². The van der Waals surface area contributed by atoms with Gasteiger partial charge in [-0.1, -0.05) is 23.2 Å². The highest BCUT2D eigenvalue weighted by Gasteiger charge is 2.05. The van der Waals surface area contributed by atoms with Gasteiger partial charge in [-0.25, -0.2) is 0 Å². The van der Waals surface area contributed by atoms with Crippen LogP contribution in [0.1, 0.15) is 5.69 Å². The van der Waals surface area contributed by atoms with Crippen molar-refractivity contribution in [2.24, 2.45) is 5.73 Å². The summed E-state index contributed by atoms with van der Waals surface area (Å²) in [6.45, 7) is 0.317. The van der Waals surface area contributed by atoms with E-state index in [2.05, 4.69) is 4.98 Å². The Bertz CT molecular complexity index is 532. The van der Waals surface area contributed by atoms with Crippen molar-refractivity contribution in [3.63, 3.8) is 0 Å². The predicted molar refractivity (Wildman–Crippen MR) is 68.7 cm³/mol. The van der Waals surface area contributed by atoms with Gasteiger partial charge in [0.15, 0.2) is 0 Å². The second-order valence-electron chi connectivity index (χ2n) is 3.33. The van der Waals surface area contributed by atoms with Gasteiger partial charge < -0.3 is 10.5 Å². The van der Waals surface area contributed by atoms with E-state index in [0.29, 0.717) is 33.8 Å². The van der Waals surface area contributed by atoms with Crippen LogP contribution in [0.2, 0.25) is 10.0 Å². The standard InChI is InChI=1S/C12H10Cl2N2O/c13-9-4-3-8(6-10(9)14)17-12-2-1-5-16-11(12)7-15/h1-6H,7,15H2. The quantitative estimate of drug-likeness (QED) is 0.925. The average molecular weight is 269 g/mol. The zero-order chi connectivity index (χ0) is 12.3. The van der Waals surface area contributed by atoms with E-state index in [9.17, 15) is 0 Å². The van der Waals surface area contributed by atoms with E-state index in [0.717, 1.165) is 0 Å². The maximum atomic E-state index is 5.90. The van der Waals surface area contributed by atoms with Gasteiger partial charge in [-0.2, -0.15) is 0 Å². The molecule has 5 heteroatoms. The van der Waals surface area contributed by atoms with Crippen molar-refractivity contribution in [2.75, 3.05) is 0 Å². The summed E-state index contributed by atoms with van der Waals surface area (Å²) in [7, 11) is 0. The van der Waals surface area contributed by atoms with Crippen LogP contribution >= 0.6 is 23.2 Å². The largest absolute Gasteiger partial charge is 0.455 e. The average Bonchev–Trinajstić information content (AvgIpc) is 2.34. The van der Waals surface area contributed by atoms with Crippen LogP contribution < -0.4 is 10.5 Å². The maximum Gasteiger partial charge on any atom is 0.150 e.